The molecule has 0 fully saturated rings. The number of nitrogens with zero attached hydrogens (tertiary/aromatic N) is 1. The van der Waals surface area contributed by atoms with Gasteiger partial charge in [0, 0.05) is 5.56 Å². The molecule has 0 atom stereocenters. The van der Waals surface area contributed by atoms with Crippen molar-refractivity contribution >= 4 is 15.9 Å². The van der Waals surface area contributed by atoms with Gasteiger partial charge in [0.1, 0.15) is 23.9 Å². The summed E-state index contributed by atoms with van der Waals surface area (Å²) in [5, 5.41) is 12.7. The van der Waals surface area contributed by atoms with Crippen LogP contribution in [0.25, 0.3) is 11.3 Å². The van der Waals surface area contributed by atoms with Crippen molar-refractivity contribution in [2.45, 2.75) is 6.61 Å². The Bertz CT molecular complexity index is 542. The fourth-order valence-electron chi connectivity index (χ4n) is 1.39. The number of methoxy groups -OCH3 is 1. The molecule has 1 heterocycles. The molecule has 0 aliphatic heterocycles. The second kappa shape index (κ2) is 4.85. The van der Waals surface area contributed by atoms with Crippen molar-refractivity contribution in [2.24, 2.45) is 0 Å². The SMILES string of the molecule is COc1ccc(F)c(-c2noc(CO)c2Br)c1. The number of aliphatic hydroxyl groups excluding tert-OH is 1. The van der Waals surface area contributed by atoms with E-state index >= 15 is 0 Å². The second-order valence-electron chi connectivity index (χ2n) is 3.27. The van der Waals surface area contributed by atoms with Gasteiger partial charge in [-0.1, -0.05) is 5.16 Å². The Labute approximate surface area is 105 Å². The molecule has 4 nitrogen and oxygen atoms in total. The summed E-state index contributed by atoms with van der Waals surface area (Å²) in [5.41, 5.74) is 0.546. The van der Waals surface area contributed by atoms with Crippen LogP contribution in [-0.4, -0.2) is 17.4 Å². The first-order valence-corrected chi connectivity index (χ1v) is 5.55. The molecule has 90 valence electrons. The second-order valence-corrected chi connectivity index (χ2v) is 4.07. The van der Waals surface area contributed by atoms with Gasteiger partial charge in [-0.2, -0.15) is 0 Å². The number of rotatable bonds is 3. The quantitative estimate of drug-likeness (QED) is 0.947. The van der Waals surface area contributed by atoms with Gasteiger partial charge in [-0.3, -0.25) is 0 Å². The highest BCUT2D eigenvalue weighted by atomic mass is 79.9. The highest BCUT2D eigenvalue weighted by Gasteiger charge is 2.18. The number of aliphatic hydroxyl groups is 1. The van der Waals surface area contributed by atoms with Crippen LogP contribution in [0.1, 0.15) is 5.76 Å². The van der Waals surface area contributed by atoms with E-state index in [0.29, 0.717) is 15.9 Å². The fourth-order valence-corrected chi connectivity index (χ4v) is 1.88. The molecule has 0 aliphatic rings. The fraction of sp³-hybridized carbons (Fsp3) is 0.182. The van der Waals surface area contributed by atoms with E-state index in [-0.39, 0.29) is 17.9 Å². The third kappa shape index (κ3) is 2.18. The molecule has 17 heavy (non-hydrogen) atoms. The Kier molecular flexibility index (Phi) is 3.44. The molecule has 6 heteroatoms. The highest BCUT2D eigenvalue weighted by molar-refractivity contribution is 9.10. The van der Waals surface area contributed by atoms with E-state index in [0.717, 1.165) is 0 Å². The number of halogens is 2. The minimum absolute atomic E-state index is 0.250. The first kappa shape index (κ1) is 12.1. The van der Waals surface area contributed by atoms with Gasteiger partial charge >= 0.3 is 0 Å². The van der Waals surface area contributed by atoms with Crippen LogP contribution in [0.15, 0.2) is 27.2 Å². The third-order valence-corrected chi connectivity index (χ3v) is 3.09. The van der Waals surface area contributed by atoms with Crippen LogP contribution < -0.4 is 4.74 Å². The van der Waals surface area contributed by atoms with Crippen molar-refractivity contribution in [3.63, 3.8) is 0 Å². The van der Waals surface area contributed by atoms with Crippen LogP contribution in [0.2, 0.25) is 0 Å². The molecule has 0 unspecified atom stereocenters. The molecule has 1 aromatic carbocycles. The molecule has 0 amide bonds. The molecule has 0 spiro atoms. The van der Waals surface area contributed by atoms with Crippen LogP contribution >= 0.6 is 15.9 Å². The maximum absolute atomic E-state index is 13.7. The Morgan fingerprint density at radius 1 is 1.53 bits per heavy atom. The van der Waals surface area contributed by atoms with Crippen molar-refractivity contribution in [3.05, 3.63) is 34.2 Å². The van der Waals surface area contributed by atoms with Crippen molar-refractivity contribution in [1.82, 2.24) is 5.16 Å². The average molecular weight is 302 g/mol. The van der Waals surface area contributed by atoms with E-state index in [1.807, 2.05) is 0 Å². The van der Waals surface area contributed by atoms with Gasteiger partial charge in [-0.05, 0) is 34.1 Å². The van der Waals surface area contributed by atoms with Gasteiger partial charge < -0.3 is 14.4 Å². The summed E-state index contributed by atoms with van der Waals surface area (Å²) in [4.78, 5) is 0. The first-order chi connectivity index (χ1) is 8.17. The van der Waals surface area contributed by atoms with E-state index in [9.17, 15) is 4.39 Å². The van der Waals surface area contributed by atoms with E-state index in [4.69, 9.17) is 14.4 Å². The van der Waals surface area contributed by atoms with Gasteiger partial charge in [-0.25, -0.2) is 4.39 Å². The zero-order chi connectivity index (χ0) is 12.4. The van der Waals surface area contributed by atoms with Crippen molar-refractivity contribution in [2.75, 3.05) is 7.11 Å². The van der Waals surface area contributed by atoms with Crippen LogP contribution in [0.3, 0.4) is 0 Å². The lowest BCUT2D eigenvalue weighted by atomic mass is 10.1. The van der Waals surface area contributed by atoms with Crippen molar-refractivity contribution in [1.29, 1.82) is 0 Å². The molecule has 0 saturated heterocycles. The Hall–Kier alpha value is -1.40. The minimum atomic E-state index is -0.440. The molecular weight excluding hydrogens is 293 g/mol. The van der Waals surface area contributed by atoms with Gasteiger partial charge in [0.2, 0.25) is 0 Å². The highest BCUT2D eigenvalue weighted by Crippen LogP contribution is 2.33. The molecule has 1 aromatic heterocycles. The number of hydrogen-bond donors (Lipinski definition) is 1. The number of hydrogen-bond acceptors (Lipinski definition) is 4. The van der Waals surface area contributed by atoms with Gasteiger partial charge in [0.05, 0.1) is 11.6 Å². The molecular formula is C11H9BrFNO3. The van der Waals surface area contributed by atoms with Gasteiger partial charge in [0.15, 0.2) is 5.76 Å². The largest absolute Gasteiger partial charge is 0.497 e. The summed E-state index contributed by atoms with van der Waals surface area (Å²) in [6.45, 7) is -0.306. The molecule has 0 bridgehead atoms. The lowest BCUT2D eigenvalue weighted by Gasteiger charge is -2.03. The third-order valence-electron chi connectivity index (χ3n) is 2.27. The smallest absolute Gasteiger partial charge is 0.176 e. The van der Waals surface area contributed by atoms with Crippen molar-refractivity contribution in [3.8, 4) is 17.0 Å². The standard InChI is InChI=1S/C11H9BrFNO3/c1-16-6-2-3-8(13)7(4-6)11-10(12)9(5-15)17-14-11/h2-4,15H,5H2,1H3. The average Bonchev–Trinajstić information content (AvgIpc) is 2.71. The Morgan fingerprint density at radius 2 is 2.29 bits per heavy atom. The van der Waals surface area contributed by atoms with Crippen LogP contribution in [0.5, 0.6) is 5.75 Å². The van der Waals surface area contributed by atoms with Crippen molar-refractivity contribution < 1.29 is 18.8 Å². The first-order valence-electron chi connectivity index (χ1n) is 4.76. The molecule has 0 aliphatic carbocycles. The Balaban J connectivity index is 2.55. The van der Waals surface area contributed by atoms with E-state index in [2.05, 4.69) is 21.1 Å². The van der Waals surface area contributed by atoms with Crippen LogP contribution in [0, 0.1) is 5.82 Å². The lowest BCUT2D eigenvalue weighted by molar-refractivity contribution is 0.228. The predicted octanol–water partition coefficient (Wildman–Crippen LogP) is 2.74. The summed E-state index contributed by atoms with van der Waals surface area (Å²) in [6.07, 6.45) is 0. The summed E-state index contributed by atoms with van der Waals surface area (Å²) in [7, 11) is 1.49. The maximum atomic E-state index is 13.7. The molecule has 0 radical (unpaired) electrons. The summed E-state index contributed by atoms with van der Waals surface area (Å²) in [6, 6.07) is 4.31. The monoisotopic (exact) mass is 301 g/mol. The zero-order valence-electron chi connectivity index (χ0n) is 8.91. The maximum Gasteiger partial charge on any atom is 0.176 e. The van der Waals surface area contributed by atoms with E-state index < -0.39 is 5.82 Å². The number of ether oxygens (including phenoxy) is 1. The topological polar surface area (TPSA) is 55.5 Å². The lowest BCUT2D eigenvalue weighted by Crippen LogP contribution is -1.89. The molecule has 2 aromatic rings. The van der Waals surface area contributed by atoms with Gasteiger partial charge in [0.25, 0.3) is 0 Å². The summed E-state index contributed by atoms with van der Waals surface area (Å²) < 4.78 is 24.0. The van der Waals surface area contributed by atoms with E-state index in [1.165, 1.54) is 25.3 Å². The zero-order valence-corrected chi connectivity index (χ0v) is 10.5. The molecule has 1 N–H and O–H groups in total. The summed E-state index contributed by atoms with van der Waals surface area (Å²) >= 11 is 3.21. The summed E-state index contributed by atoms with van der Waals surface area (Å²) in [5.74, 6) is 0.327. The molecule has 0 saturated carbocycles. The molecule has 2 rings (SSSR count). The van der Waals surface area contributed by atoms with E-state index in [1.54, 1.807) is 0 Å². The van der Waals surface area contributed by atoms with Crippen LogP contribution in [-0.2, 0) is 6.61 Å². The van der Waals surface area contributed by atoms with Gasteiger partial charge in [-0.15, -0.1) is 0 Å². The van der Waals surface area contributed by atoms with Crippen LogP contribution in [0.4, 0.5) is 4.39 Å². The normalized spacial score (nSPS) is 10.6. The predicted molar refractivity (Wildman–Crippen MR) is 62.1 cm³/mol. The Morgan fingerprint density at radius 3 is 2.88 bits per heavy atom. The number of aromatic nitrogens is 1. The number of benzene rings is 1. The minimum Gasteiger partial charge on any atom is -0.497 e.